The van der Waals surface area contributed by atoms with E-state index in [9.17, 15) is 43.8 Å². The number of hydrogen-bond acceptors (Lipinski definition) is 17. The number of Topliss-reactive ketones (excluding diaryl/α,β-unsaturated/α-hetero) is 3. The van der Waals surface area contributed by atoms with Crippen LogP contribution in [0, 0.1) is 46.8 Å². The van der Waals surface area contributed by atoms with Crippen LogP contribution in [0.5, 0.6) is 0 Å². The summed E-state index contributed by atoms with van der Waals surface area (Å²) in [4.78, 5) is 99.6. The van der Waals surface area contributed by atoms with Crippen LogP contribution in [0.15, 0.2) is 47.6 Å². The van der Waals surface area contributed by atoms with Gasteiger partial charge in [0.15, 0.2) is 5.79 Å². The Kier molecular flexibility index (Phi) is 24.0. The van der Waals surface area contributed by atoms with Crippen LogP contribution in [0.4, 0.5) is 0 Å². The van der Waals surface area contributed by atoms with Gasteiger partial charge in [0.25, 0.3) is 11.7 Å². The van der Waals surface area contributed by atoms with Crippen LogP contribution in [0.25, 0.3) is 0 Å². The second kappa shape index (κ2) is 29.0. The molecular weight excluding hydrogens is 1020 g/mol. The minimum absolute atomic E-state index is 0.0159. The van der Waals surface area contributed by atoms with E-state index in [0.717, 1.165) is 5.57 Å². The van der Waals surface area contributed by atoms with E-state index >= 15 is 0 Å². The van der Waals surface area contributed by atoms with Crippen molar-refractivity contribution in [3.63, 3.8) is 0 Å². The summed E-state index contributed by atoms with van der Waals surface area (Å²) in [5, 5.41) is 22.8. The van der Waals surface area contributed by atoms with E-state index in [-0.39, 0.29) is 62.4 Å². The molecule has 18 heteroatoms. The first-order chi connectivity index (χ1) is 37.2. The van der Waals surface area contributed by atoms with E-state index in [4.69, 9.17) is 37.9 Å². The summed E-state index contributed by atoms with van der Waals surface area (Å²) in [5.41, 5.74) is 0.224. The number of aliphatic hydroxyl groups excluding tert-OH is 1. The van der Waals surface area contributed by atoms with E-state index in [1.54, 1.807) is 68.8 Å². The smallest absolute Gasteiger partial charge is 0.329 e. The summed E-state index contributed by atoms with van der Waals surface area (Å²) in [6.07, 6.45) is 11.3. The van der Waals surface area contributed by atoms with E-state index in [0.29, 0.717) is 63.4 Å². The Hall–Kier alpha value is -4.43. The Morgan fingerprint density at radius 1 is 0.835 bits per heavy atom. The molecule has 15 atom stereocenters. The van der Waals surface area contributed by atoms with Crippen molar-refractivity contribution in [1.29, 1.82) is 0 Å². The molecule has 0 aromatic carbocycles. The standard InChI is InChI=1S/C61H93NO17/c1-36-19-15-14-16-20-37(2)50(72-12)31-45-24-22-42(7)61(71,79-45)55(67)56(68)62-26-18-17-21-47(62)57(69)77-51(32-48(65)38(3)28-41(6)54(76-43(8)64)46(33-63)53(66)40(5)27-36)39(4)29-44-23-25-49(52(30-44)73-13)78-58(70)60(11)34-74-59(9,10)75-35-60/h14-16,19-20,28,36,38-40,42,44-47,49-52,54,63,71H,17-18,21-27,29-35H2,1-13H3/b16-14+,19-15+,37-20+,41-28+/t36-,38-,39-,40-,42-,44+,45+,46+,47+,49-,50+,51+,52-,54-,61-/m1/s1. The highest BCUT2D eigenvalue weighted by molar-refractivity contribution is 6.39. The number of esters is 3. The quantitative estimate of drug-likeness (QED) is 0.0974. The summed E-state index contributed by atoms with van der Waals surface area (Å²) >= 11 is 0. The summed E-state index contributed by atoms with van der Waals surface area (Å²) in [7, 11) is 3.12. The lowest BCUT2D eigenvalue weighted by molar-refractivity contribution is -0.283. The number of methoxy groups -OCH3 is 2. The minimum Gasteiger partial charge on any atom is -0.460 e. The van der Waals surface area contributed by atoms with Gasteiger partial charge >= 0.3 is 17.9 Å². The summed E-state index contributed by atoms with van der Waals surface area (Å²) in [6.45, 7) is 18.7. The predicted octanol–water partition coefficient (Wildman–Crippen LogP) is 7.69. The molecule has 4 heterocycles. The van der Waals surface area contributed by atoms with Gasteiger partial charge in [-0.25, -0.2) is 4.79 Å². The Labute approximate surface area is 468 Å². The highest BCUT2D eigenvalue weighted by Crippen LogP contribution is 2.39. The second-order valence-electron chi connectivity index (χ2n) is 24.2. The van der Waals surface area contributed by atoms with Gasteiger partial charge in [0.05, 0.1) is 44.1 Å². The first kappa shape index (κ1) is 65.4. The molecule has 18 nitrogen and oxygen atoms in total. The number of ether oxygens (including phenoxy) is 8. The lowest BCUT2D eigenvalue weighted by Gasteiger charge is -2.43. The van der Waals surface area contributed by atoms with Gasteiger partial charge in [-0.3, -0.25) is 28.8 Å². The van der Waals surface area contributed by atoms with Crippen molar-refractivity contribution in [2.24, 2.45) is 46.8 Å². The van der Waals surface area contributed by atoms with Crippen molar-refractivity contribution < 1.29 is 81.7 Å². The zero-order valence-corrected chi connectivity index (χ0v) is 49.3. The Bertz CT molecular complexity index is 2260. The van der Waals surface area contributed by atoms with Crippen LogP contribution in [0.2, 0.25) is 0 Å². The van der Waals surface area contributed by atoms with E-state index in [1.165, 1.54) is 11.8 Å². The molecule has 1 saturated carbocycles. The largest absolute Gasteiger partial charge is 0.460 e. The topological polar surface area (TPSA) is 237 Å². The Morgan fingerprint density at radius 2 is 1.53 bits per heavy atom. The first-order valence-corrected chi connectivity index (χ1v) is 28.7. The number of aliphatic hydroxyl groups is 2. The van der Waals surface area contributed by atoms with Crippen LogP contribution in [-0.4, -0.2) is 151 Å². The predicted molar refractivity (Wildman–Crippen MR) is 292 cm³/mol. The highest BCUT2D eigenvalue weighted by atomic mass is 16.7. The van der Waals surface area contributed by atoms with Gasteiger partial charge in [0.1, 0.15) is 41.3 Å². The van der Waals surface area contributed by atoms with E-state index in [1.807, 2.05) is 51.2 Å². The average Bonchev–Trinajstić information content (AvgIpc) is 3.43. The number of fused-ring (bicyclic) bond motifs is 3. The van der Waals surface area contributed by atoms with Gasteiger partial charge in [-0.05, 0) is 128 Å². The average molecular weight is 1110 g/mol. The molecule has 0 radical (unpaired) electrons. The van der Waals surface area contributed by atoms with E-state index in [2.05, 4.69) is 0 Å². The molecule has 1 amide bonds. The van der Waals surface area contributed by atoms with Gasteiger partial charge < -0.3 is 53.0 Å². The molecule has 5 rings (SSSR count). The normalized spacial score (nSPS) is 37.7. The number of carbonyl (C=O) groups is 7. The van der Waals surface area contributed by atoms with Crippen molar-refractivity contribution in [2.75, 3.05) is 40.6 Å². The molecule has 2 bridgehead atoms. The number of amides is 1. The number of cyclic esters (lactones) is 1. The van der Waals surface area contributed by atoms with Crippen molar-refractivity contribution >= 4 is 41.2 Å². The maximum atomic E-state index is 14.7. The van der Waals surface area contributed by atoms with Gasteiger partial charge in [-0.15, -0.1) is 0 Å². The highest BCUT2D eigenvalue weighted by Gasteiger charge is 2.53. The monoisotopic (exact) mass is 1110 g/mol. The van der Waals surface area contributed by atoms with Crippen LogP contribution < -0.4 is 0 Å². The fraction of sp³-hybridized carbons (Fsp3) is 0.754. The minimum atomic E-state index is -2.48. The number of ketones is 3. The fourth-order valence-corrected chi connectivity index (χ4v) is 11.8. The summed E-state index contributed by atoms with van der Waals surface area (Å²) in [5.74, 6) is -11.9. The molecule has 79 heavy (non-hydrogen) atoms. The summed E-state index contributed by atoms with van der Waals surface area (Å²) in [6, 6.07) is -1.21. The number of rotatable bonds is 9. The second-order valence-corrected chi connectivity index (χ2v) is 24.2. The van der Waals surface area contributed by atoms with Crippen molar-refractivity contribution in [3.05, 3.63) is 47.6 Å². The molecule has 444 valence electrons. The number of hydrogen-bond donors (Lipinski definition) is 2. The molecule has 0 aromatic rings. The first-order valence-electron chi connectivity index (χ1n) is 28.7. The number of allylic oxidation sites excluding steroid dienone is 6. The molecule has 0 spiro atoms. The van der Waals surface area contributed by atoms with Crippen LogP contribution in [-0.2, 0) is 71.5 Å². The number of nitrogens with zero attached hydrogens (tertiary/aromatic N) is 1. The molecule has 4 aliphatic heterocycles. The molecule has 3 saturated heterocycles. The third-order valence-corrected chi connectivity index (χ3v) is 17.1. The third-order valence-electron chi connectivity index (χ3n) is 17.1. The maximum Gasteiger partial charge on any atom is 0.329 e. The molecule has 4 fully saturated rings. The van der Waals surface area contributed by atoms with Crippen molar-refractivity contribution in [2.45, 2.75) is 207 Å². The molecule has 0 unspecified atom stereocenters. The number of carbonyl (C=O) groups excluding carboxylic acids is 7. The third kappa shape index (κ3) is 17.3. The lowest BCUT2D eigenvalue weighted by Crippen LogP contribution is -2.61. The number of piperidine rings is 1. The van der Waals surface area contributed by atoms with E-state index < -0.39 is 125 Å². The van der Waals surface area contributed by atoms with Gasteiger partial charge in [0, 0.05) is 58.3 Å². The Balaban J connectivity index is 1.47. The molecule has 0 aromatic heterocycles. The lowest BCUT2D eigenvalue weighted by atomic mass is 9.78. The zero-order chi connectivity index (χ0) is 58.6. The SMILES string of the molecule is CO[C@H]1C[C@@H]2CC[C@@H](C)[C@@](O)(O2)C(=O)C(=O)N2CCCC[C@H]2C(=O)O[C@H]([C@H](C)C[C@@H]2CC[C@@H](OC(=O)C3(C)COC(C)(C)OC3)[C@H](OC)C2)CC(=O)[C@H](C)/C=C(\C)[C@@H](OC(C)=O)[C@@H](CO)C(=O)[C@H](C)C[C@H](C)/C=C/C=C/C=C/1C. The van der Waals surface area contributed by atoms with Crippen LogP contribution >= 0.6 is 0 Å². The zero-order valence-electron chi connectivity index (χ0n) is 49.3. The van der Waals surface area contributed by atoms with Gasteiger partial charge in [0.2, 0.25) is 5.79 Å². The molecule has 2 N–H and O–H groups in total. The molecular formula is C61H93NO17. The molecule has 5 aliphatic rings. The maximum absolute atomic E-state index is 14.7. The summed E-state index contributed by atoms with van der Waals surface area (Å²) < 4.78 is 47.8. The fourth-order valence-electron chi connectivity index (χ4n) is 11.8. The van der Waals surface area contributed by atoms with Gasteiger partial charge in [-0.1, -0.05) is 71.1 Å². The van der Waals surface area contributed by atoms with Crippen LogP contribution in [0.1, 0.15) is 153 Å². The van der Waals surface area contributed by atoms with Crippen molar-refractivity contribution in [3.8, 4) is 0 Å². The van der Waals surface area contributed by atoms with Crippen molar-refractivity contribution in [1.82, 2.24) is 4.90 Å². The molecule has 1 aliphatic carbocycles. The Morgan fingerprint density at radius 3 is 2.18 bits per heavy atom. The van der Waals surface area contributed by atoms with Gasteiger partial charge in [-0.2, -0.15) is 0 Å². The van der Waals surface area contributed by atoms with Crippen LogP contribution in [0.3, 0.4) is 0 Å².